The summed E-state index contributed by atoms with van der Waals surface area (Å²) in [4.78, 5) is 10.3. The van der Waals surface area contributed by atoms with Crippen LogP contribution in [0.25, 0.3) is 10.6 Å². The van der Waals surface area contributed by atoms with Gasteiger partial charge in [-0.1, -0.05) is 13.8 Å². The molecule has 0 saturated carbocycles. The third kappa shape index (κ3) is 3.12. The normalized spacial score (nSPS) is 11.4. The Hall–Kier alpha value is -0.780. The van der Waals surface area contributed by atoms with Crippen LogP contribution in [0.3, 0.4) is 0 Å². The highest BCUT2D eigenvalue weighted by Crippen LogP contribution is 2.30. The lowest BCUT2D eigenvalue weighted by molar-refractivity contribution is 0.587. The van der Waals surface area contributed by atoms with E-state index in [9.17, 15) is 0 Å². The number of thiazole rings is 2. The minimum atomic E-state index is 0.495. The number of aromatic nitrogens is 2. The maximum Gasteiger partial charge on any atom is 0.107 e. The van der Waals surface area contributed by atoms with Crippen LogP contribution in [0.5, 0.6) is 0 Å². The van der Waals surface area contributed by atoms with Crippen LogP contribution in [0, 0.1) is 13.8 Å². The second-order valence-electron chi connectivity index (χ2n) is 4.31. The summed E-state index contributed by atoms with van der Waals surface area (Å²) in [5.41, 5.74) is 2.15. The molecule has 0 radical (unpaired) electrons. The third-order valence-electron chi connectivity index (χ3n) is 2.35. The van der Waals surface area contributed by atoms with Crippen LogP contribution < -0.4 is 5.32 Å². The van der Waals surface area contributed by atoms with Gasteiger partial charge in [0.2, 0.25) is 0 Å². The Morgan fingerprint density at radius 2 is 2.06 bits per heavy atom. The fraction of sp³-hybridized carbons (Fsp3) is 0.500. The number of nitrogens with one attached hydrogen (secondary N) is 1. The van der Waals surface area contributed by atoms with Gasteiger partial charge in [-0.05, 0) is 13.8 Å². The van der Waals surface area contributed by atoms with Crippen LogP contribution in [0.1, 0.15) is 29.6 Å². The Labute approximate surface area is 110 Å². The maximum atomic E-state index is 4.65. The van der Waals surface area contributed by atoms with Crippen LogP contribution >= 0.6 is 22.7 Å². The molecule has 0 amide bonds. The van der Waals surface area contributed by atoms with Crippen LogP contribution in [-0.2, 0) is 6.54 Å². The largest absolute Gasteiger partial charge is 0.308 e. The van der Waals surface area contributed by atoms with Crippen molar-refractivity contribution in [3.05, 3.63) is 21.1 Å². The first kappa shape index (κ1) is 12.7. The molecule has 92 valence electrons. The standard InChI is InChI=1S/C12H17N3S2/c1-7(2)13-5-11-15-10(6-16-11)12-8(3)14-9(4)17-12/h6-7,13H,5H2,1-4H3. The van der Waals surface area contributed by atoms with Gasteiger partial charge in [0.25, 0.3) is 0 Å². The molecule has 0 aliphatic rings. The van der Waals surface area contributed by atoms with Crippen molar-refractivity contribution in [2.75, 3.05) is 0 Å². The lowest BCUT2D eigenvalue weighted by Crippen LogP contribution is -2.21. The molecule has 0 atom stereocenters. The molecule has 0 saturated heterocycles. The summed E-state index contributed by atoms with van der Waals surface area (Å²) in [6.45, 7) is 9.22. The molecule has 2 heterocycles. The molecule has 0 unspecified atom stereocenters. The van der Waals surface area contributed by atoms with Crippen LogP contribution in [0.2, 0.25) is 0 Å². The zero-order chi connectivity index (χ0) is 12.4. The summed E-state index contributed by atoms with van der Waals surface area (Å²) in [6.07, 6.45) is 0. The van der Waals surface area contributed by atoms with Gasteiger partial charge >= 0.3 is 0 Å². The zero-order valence-corrected chi connectivity index (χ0v) is 12.2. The Kier molecular flexibility index (Phi) is 3.91. The summed E-state index contributed by atoms with van der Waals surface area (Å²) >= 11 is 3.43. The summed E-state index contributed by atoms with van der Waals surface area (Å²) in [5.74, 6) is 0. The molecule has 2 rings (SSSR count). The van der Waals surface area contributed by atoms with E-state index in [1.807, 2.05) is 13.8 Å². The fourth-order valence-corrected chi connectivity index (χ4v) is 3.25. The van der Waals surface area contributed by atoms with E-state index in [0.29, 0.717) is 6.04 Å². The minimum absolute atomic E-state index is 0.495. The highest BCUT2D eigenvalue weighted by atomic mass is 32.1. The number of nitrogens with zero attached hydrogens (tertiary/aromatic N) is 2. The Morgan fingerprint density at radius 1 is 1.29 bits per heavy atom. The number of hydrogen-bond acceptors (Lipinski definition) is 5. The third-order valence-corrected chi connectivity index (χ3v) is 4.29. The van der Waals surface area contributed by atoms with Crippen LogP contribution in [-0.4, -0.2) is 16.0 Å². The second-order valence-corrected chi connectivity index (χ2v) is 6.46. The average molecular weight is 267 g/mol. The van der Waals surface area contributed by atoms with Crippen LogP contribution in [0.15, 0.2) is 5.38 Å². The number of aryl methyl sites for hydroxylation is 2. The van der Waals surface area contributed by atoms with Gasteiger partial charge in [-0.15, -0.1) is 22.7 Å². The van der Waals surface area contributed by atoms with E-state index in [-0.39, 0.29) is 0 Å². The van der Waals surface area contributed by atoms with E-state index in [0.717, 1.165) is 27.9 Å². The first-order valence-electron chi connectivity index (χ1n) is 5.68. The van der Waals surface area contributed by atoms with Crippen molar-refractivity contribution >= 4 is 22.7 Å². The van der Waals surface area contributed by atoms with Gasteiger partial charge in [-0.2, -0.15) is 0 Å². The van der Waals surface area contributed by atoms with Crippen molar-refractivity contribution in [2.45, 2.75) is 40.3 Å². The smallest absolute Gasteiger partial charge is 0.107 e. The van der Waals surface area contributed by atoms with E-state index in [1.165, 1.54) is 4.88 Å². The molecule has 2 aromatic rings. The summed E-state index contributed by atoms with van der Waals surface area (Å²) in [5, 5.41) is 7.75. The highest BCUT2D eigenvalue weighted by molar-refractivity contribution is 7.15. The topological polar surface area (TPSA) is 37.8 Å². The monoisotopic (exact) mass is 267 g/mol. The molecular formula is C12H17N3S2. The average Bonchev–Trinajstić information content (AvgIpc) is 2.82. The second kappa shape index (κ2) is 5.25. The zero-order valence-electron chi connectivity index (χ0n) is 10.6. The fourth-order valence-electron chi connectivity index (χ4n) is 1.56. The predicted octanol–water partition coefficient (Wildman–Crippen LogP) is 3.38. The predicted molar refractivity (Wildman–Crippen MR) is 74.7 cm³/mol. The summed E-state index contributed by atoms with van der Waals surface area (Å²) in [6, 6.07) is 0.495. The quantitative estimate of drug-likeness (QED) is 0.923. The minimum Gasteiger partial charge on any atom is -0.308 e. The molecule has 2 aromatic heterocycles. The van der Waals surface area contributed by atoms with Crippen molar-refractivity contribution in [1.82, 2.24) is 15.3 Å². The molecule has 0 aromatic carbocycles. The molecule has 0 fully saturated rings. The van der Waals surface area contributed by atoms with Gasteiger partial charge in [0.1, 0.15) is 5.01 Å². The molecule has 3 nitrogen and oxygen atoms in total. The number of rotatable bonds is 4. The molecule has 0 aliphatic carbocycles. The highest BCUT2D eigenvalue weighted by Gasteiger charge is 2.11. The van der Waals surface area contributed by atoms with Crippen molar-refractivity contribution < 1.29 is 0 Å². The van der Waals surface area contributed by atoms with Crippen molar-refractivity contribution in [3.63, 3.8) is 0 Å². The van der Waals surface area contributed by atoms with Gasteiger partial charge in [0.15, 0.2) is 0 Å². The van der Waals surface area contributed by atoms with E-state index < -0.39 is 0 Å². The van der Waals surface area contributed by atoms with E-state index >= 15 is 0 Å². The first-order valence-corrected chi connectivity index (χ1v) is 7.38. The Morgan fingerprint density at radius 3 is 2.65 bits per heavy atom. The van der Waals surface area contributed by atoms with Gasteiger partial charge in [0, 0.05) is 18.0 Å². The molecule has 0 spiro atoms. The molecule has 5 heteroatoms. The van der Waals surface area contributed by atoms with Crippen molar-refractivity contribution in [2.24, 2.45) is 0 Å². The Bertz CT molecular complexity index is 500. The summed E-state index contributed by atoms with van der Waals surface area (Å²) < 4.78 is 0. The van der Waals surface area contributed by atoms with Gasteiger partial charge in [-0.3, -0.25) is 0 Å². The van der Waals surface area contributed by atoms with E-state index in [4.69, 9.17) is 0 Å². The van der Waals surface area contributed by atoms with Gasteiger partial charge in [0.05, 0.1) is 21.3 Å². The lowest BCUT2D eigenvalue weighted by atomic mass is 10.3. The SMILES string of the molecule is Cc1nc(C)c(-c2csc(CNC(C)C)n2)s1. The van der Waals surface area contributed by atoms with E-state index in [2.05, 4.69) is 34.5 Å². The molecule has 0 bridgehead atoms. The first-order chi connectivity index (χ1) is 8.06. The molecule has 17 heavy (non-hydrogen) atoms. The molecule has 1 N–H and O–H groups in total. The molecule has 0 aliphatic heterocycles. The van der Waals surface area contributed by atoms with Crippen molar-refractivity contribution in [3.8, 4) is 10.6 Å². The van der Waals surface area contributed by atoms with Gasteiger partial charge < -0.3 is 5.32 Å². The lowest BCUT2D eigenvalue weighted by Gasteiger charge is -2.04. The molecular weight excluding hydrogens is 250 g/mol. The maximum absolute atomic E-state index is 4.65. The Balaban J connectivity index is 2.15. The number of hydrogen-bond donors (Lipinski definition) is 1. The van der Waals surface area contributed by atoms with Crippen LogP contribution in [0.4, 0.5) is 0 Å². The van der Waals surface area contributed by atoms with Gasteiger partial charge in [-0.25, -0.2) is 9.97 Å². The van der Waals surface area contributed by atoms with E-state index in [1.54, 1.807) is 22.7 Å². The van der Waals surface area contributed by atoms with Crippen molar-refractivity contribution in [1.29, 1.82) is 0 Å². The summed E-state index contributed by atoms with van der Waals surface area (Å²) in [7, 11) is 0.